The largest absolute Gasteiger partial charge is 0.496 e. The first kappa shape index (κ1) is 15.8. The van der Waals surface area contributed by atoms with Crippen molar-refractivity contribution in [2.75, 3.05) is 14.2 Å². The number of rotatable bonds is 5. The molecule has 3 heteroatoms. The Morgan fingerprint density at radius 2 is 2.15 bits per heavy atom. The Labute approximate surface area is 131 Å². The van der Waals surface area contributed by atoms with Gasteiger partial charge in [-0.25, -0.2) is 0 Å². The average Bonchev–Trinajstić information content (AvgIpc) is 2.47. The minimum atomic E-state index is 0.640. The van der Waals surface area contributed by atoms with E-state index in [-0.39, 0.29) is 0 Å². The molecule has 0 saturated heterocycles. The van der Waals surface area contributed by atoms with Crippen LogP contribution in [0.25, 0.3) is 0 Å². The highest BCUT2D eigenvalue weighted by Gasteiger charge is 2.29. The van der Waals surface area contributed by atoms with Gasteiger partial charge in [0.05, 0.1) is 7.11 Å². The maximum absolute atomic E-state index is 5.52. The number of methoxy groups -OCH3 is 1. The Kier molecular flexibility index (Phi) is 5.91. The van der Waals surface area contributed by atoms with Gasteiger partial charge in [0.25, 0.3) is 0 Å². The third-order valence-corrected chi connectivity index (χ3v) is 5.26. The fraction of sp³-hybridized carbons (Fsp3) is 0.647. The monoisotopic (exact) mass is 339 g/mol. The third kappa shape index (κ3) is 3.76. The van der Waals surface area contributed by atoms with E-state index in [1.165, 1.54) is 31.2 Å². The quantitative estimate of drug-likeness (QED) is 0.857. The van der Waals surface area contributed by atoms with Crippen molar-refractivity contribution in [3.63, 3.8) is 0 Å². The van der Waals surface area contributed by atoms with Crippen LogP contribution in [0.1, 0.15) is 38.2 Å². The van der Waals surface area contributed by atoms with E-state index < -0.39 is 0 Å². The van der Waals surface area contributed by atoms with Gasteiger partial charge < -0.3 is 10.1 Å². The Morgan fingerprint density at radius 1 is 1.35 bits per heavy atom. The van der Waals surface area contributed by atoms with Gasteiger partial charge in [-0.2, -0.15) is 0 Å². The van der Waals surface area contributed by atoms with E-state index in [4.69, 9.17) is 4.74 Å². The van der Waals surface area contributed by atoms with E-state index in [0.717, 1.165) is 22.6 Å². The molecule has 1 aliphatic carbocycles. The van der Waals surface area contributed by atoms with Crippen molar-refractivity contribution in [1.29, 1.82) is 0 Å². The Bertz CT molecular complexity index is 435. The van der Waals surface area contributed by atoms with Crippen molar-refractivity contribution in [2.24, 2.45) is 11.8 Å². The molecule has 1 aromatic rings. The van der Waals surface area contributed by atoms with E-state index in [2.05, 4.69) is 47.4 Å². The van der Waals surface area contributed by atoms with Crippen molar-refractivity contribution in [1.82, 2.24) is 5.32 Å². The van der Waals surface area contributed by atoms with E-state index in [0.29, 0.717) is 12.0 Å². The molecule has 1 aliphatic rings. The van der Waals surface area contributed by atoms with Crippen LogP contribution in [0, 0.1) is 11.8 Å². The molecule has 2 rings (SSSR count). The summed E-state index contributed by atoms with van der Waals surface area (Å²) >= 11 is 3.58. The number of benzene rings is 1. The smallest absolute Gasteiger partial charge is 0.122 e. The van der Waals surface area contributed by atoms with Crippen LogP contribution < -0.4 is 10.1 Å². The molecule has 1 fully saturated rings. The van der Waals surface area contributed by atoms with Gasteiger partial charge in [0.15, 0.2) is 0 Å². The van der Waals surface area contributed by atoms with E-state index in [9.17, 15) is 0 Å². The topological polar surface area (TPSA) is 21.3 Å². The molecule has 20 heavy (non-hydrogen) atoms. The summed E-state index contributed by atoms with van der Waals surface area (Å²) in [5, 5.41) is 3.52. The minimum absolute atomic E-state index is 0.640. The zero-order valence-corrected chi connectivity index (χ0v) is 14.4. The summed E-state index contributed by atoms with van der Waals surface area (Å²) in [6, 6.07) is 6.96. The first-order chi connectivity index (χ1) is 9.67. The second-order valence-corrected chi connectivity index (χ2v) is 6.82. The fourth-order valence-corrected chi connectivity index (χ4v) is 3.94. The van der Waals surface area contributed by atoms with E-state index in [1.807, 2.05) is 6.07 Å². The molecule has 0 heterocycles. The third-order valence-electron chi connectivity index (χ3n) is 4.76. The summed E-state index contributed by atoms with van der Waals surface area (Å²) in [6.45, 7) is 2.32. The van der Waals surface area contributed by atoms with Gasteiger partial charge in [-0.05, 0) is 68.3 Å². The van der Waals surface area contributed by atoms with Crippen LogP contribution in [-0.4, -0.2) is 20.2 Å². The number of ether oxygens (including phenoxy) is 1. The summed E-state index contributed by atoms with van der Waals surface area (Å²) < 4.78 is 6.66. The van der Waals surface area contributed by atoms with Crippen molar-refractivity contribution in [2.45, 2.75) is 45.1 Å². The first-order valence-electron chi connectivity index (χ1n) is 7.67. The molecule has 0 bridgehead atoms. The lowest BCUT2D eigenvalue weighted by molar-refractivity contribution is 0.204. The minimum Gasteiger partial charge on any atom is -0.496 e. The molecule has 0 aromatic heterocycles. The van der Waals surface area contributed by atoms with Gasteiger partial charge in [-0.3, -0.25) is 0 Å². The molecule has 112 valence electrons. The standard InChI is InChI=1S/C17H26BrNO/c1-4-12-5-7-16(19-2)13(9-12)10-14-11-15(18)6-8-17(14)20-3/h6,8,11-13,16,19H,4-5,7,9-10H2,1-3H3. The average molecular weight is 340 g/mol. The second-order valence-electron chi connectivity index (χ2n) is 5.90. The van der Waals surface area contributed by atoms with Crippen molar-refractivity contribution in [3.8, 4) is 5.75 Å². The van der Waals surface area contributed by atoms with Crippen molar-refractivity contribution in [3.05, 3.63) is 28.2 Å². The van der Waals surface area contributed by atoms with Gasteiger partial charge in [0.2, 0.25) is 0 Å². The molecule has 0 aliphatic heterocycles. The molecule has 1 saturated carbocycles. The lowest BCUT2D eigenvalue weighted by Gasteiger charge is -2.36. The number of halogens is 1. The Balaban J connectivity index is 2.15. The van der Waals surface area contributed by atoms with Crippen LogP contribution in [0.2, 0.25) is 0 Å². The van der Waals surface area contributed by atoms with Crippen LogP contribution >= 0.6 is 15.9 Å². The van der Waals surface area contributed by atoms with Gasteiger partial charge in [-0.1, -0.05) is 29.3 Å². The SMILES string of the molecule is CCC1CCC(NC)C(Cc2cc(Br)ccc2OC)C1. The maximum atomic E-state index is 5.52. The first-order valence-corrected chi connectivity index (χ1v) is 8.46. The molecule has 3 atom stereocenters. The molecule has 2 nitrogen and oxygen atoms in total. The van der Waals surface area contributed by atoms with Crippen LogP contribution in [0.15, 0.2) is 22.7 Å². The van der Waals surface area contributed by atoms with Gasteiger partial charge in [-0.15, -0.1) is 0 Å². The Hall–Kier alpha value is -0.540. The maximum Gasteiger partial charge on any atom is 0.122 e. The van der Waals surface area contributed by atoms with Crippen LogP contribution in [-0.2, 0) is 6.42 Å². The van der Waals surface area contributed by atoms with Crippen LogP contribution in [0.3, 0.4) is 0 Å². The number of hydrogen-bond acceptors (Lipinski definition) is 2. The summed E-state index contributed by atoms with van der Waals surface area (Å²) in [5.74, 6) is 2.62. The summed E-state index contributed by atoms with van der Waals surface area (Å²) in [6.07, 6.45) is 6.41. The van der Waals surface area contributed by atoms with Gasteiger partial charge in [0, 0.05) is 10.5 Å². The lowest BCUT2D eigenvalue weighted by atomic mass is 9.74. The molecule has 0 amide bonds. The van der Waals surface area contributed by atoms with Gasteiger partial charge in [0.1, 0.15) is 5.75 Å². The predicted molar refractivity (Wildman–Crippen MR) is 88.4 cm³/mol. The van der Waals surface area contributed by atoms with E-state index >= 15 is 0 Å². The molecule has 0 radical (unpaired) electrons. The highest BCUT2D eigenvalue weighted by molar-refractivity contribution is 9.10. The van der Waals surface area contributed by atoms with Crippen LogP contribution in [0.5, 0.6) is 5.75 Å². The molecule has 3 unspecified atom stereocenters. The lowest BCUT2D eigenvalue weighted by Crippen LogP contribution is -2.39. The van der Waals surface area contributed by atoms with Gasteiger partial charge >= 0.3 is 0 Å². The number of hydrogen-bond donors (Lipinski definition) is 1. The fourth-order valence-electron chi connectivity index (χ4n) is 3.53. The predicted octanol–water partition coefficient (Wildman–Crippen LogP) is 4.41. The zero-order chi connectivity index (χ0) is 14.5. The zero-order valence-electron chi connectivity index (χ0n) is 12.8. The Morgan fingerprint density at radius 3 is 2.80 bits per heavy atom. The van der Waals surface area contributed by atoms with E-state index in [1.54, 1.807) is 7.11 Å². The highest BCUT2D eigenvalue weighted by atomic mass is 79.9. The molecule has 0 spiro atoms. The second kappa shape index (κ2) is 7.46. The summed E-state index contributed by atoms with van der Waals surface area (Å²) in [4.78, 5) is 0. The highest BCUT2D eigenvalue weighted by Crippen LogP contribution is 2.35. The summed E-state index contributed by atoms with van der Waals surface area (Å²) in [5.41, 5.74) is 1.32. The summed E-state index contributed by atoms with van der Waals surface area (Å²) in [7, 11) is 3.86. The molecule has 1 aromatic carbocycles. The van der Waals surface area contributed by atoms with Crippen LogP contribution in [0.4, 0.5) is 0 Å². The van der Waals surface area contributed by atoms with Crippen molar-refractivity contribution >= 4 is 15.9 Å². The molecule has 1 N–H and O–H groups in total. The number of nitrogens with one attached hydrogen (secondary N) is 1. The van der Waals surface area contributed by atoms with Crippen molar-refractivity contribution < 1.29 is 4.74 Å². The normalized spacial score (nSPS) is 26.5. The molecular weight excluding hydrogens is 314 g/mol. The molecular formula is C17H26BrNO.